The summed E-state index contributed by atoms with van der Waals surface area (Å²) >= 11 is 0. The zero-order valence-corrected chi connectivity index (χ0v) is 10.4. The van der Waals surface area contributed by atoms with Crippen LogP contribution in [0.5, 0.6) is 0 Å². The van der Waals surface area contributed by atoms with Crippen LogP contribution in [0.25, 0.3) is 11.1 Å². The van der Waals surface area contributed by atoms with Gasteiger partial charge in [-0.3, -0.25) is 4.79 Å². The topological polar surface area (TPSA) is 43.1 Å². The molecule has 0 radical (unpaired) electrons. The van der Waals surface area contributed by atoms with Gasteiger partial charge in [-0.15, -0.1) is 12.4 Å². The van der Waals surface area contributed by atoms with Gasteiger partial charge in [0.1, 0.15) is 5.82 Å². The molecule has 0 aliphatic carbocycles. The number of benzene rings is 2. The Hall–Kier alpha value is -1.71. The first-order valence-corrected chi connectivity index (χ1v) is 5.30. The Balaban J connectivity index is 0.00000162. The summed E-state index contributed by atoms with van der Waals surface area (Å²) in [6, 6.07) is 13.3. The van der Waals surface area contributed by atoms with Crippen LogP contribution in [0.4, 0.5) is 4.39 Å². The number of carbonyl (C=O) groups excluding carboxylic acids is 1. The molecule has 18 heavy (non-hydrogen) atoms. The first-order chi connectivity index (χ1) is 8.20. The van der Waals surface area contributed by atoms with Gasteiger partial charge in [-0.05, 0) is 23.3 Å². The van der Waals surface area contributed by atoms with Gasteiger partial charge in [0.2, 0.25) is 0 Å². The van der Waals surface area contributed by atoms with Crippen LogP contribution in [0.1, 0.15) is 10.4 Å². The van der Waals surface area contributed by atoms with Crippen LogP contribution in [0.15, 0.2) is 48.5 Å². The third-order valence-electron chi connectivity index (χ3n) is 2.57. The van der Waals surface area contributed by atoms with Gasteiger partial charge in [0.25, 0.3) is 0 Å². The van der Waals surface area contributed by atoms with E-state index in [0.29, 0.717) is 5.56 Å². The third-order valence-corrected chi connectivity index (χ3v) is 2.57. The molecule has 2 nitrogen and oxygen atoms in total. The van der Waals surface area contributed by atoms with Gasteiger partial charge in [0, 0.05) is 5.56 Å². The molecule has 2 aromatic carbocycles. The maximum Gasteiger partial charge on any atom is 0.176 e. The summed E-state index contributed by atoms with van der Waals surface area (Å²) in [4.78, 5) is 11.3. The van der Waals surface area contributed by atoms with E-state index in [1.807, 2.05) is 12.1 Å². The summed E-state index contributed by atoms with van der Waals surface area (Å²) in [6.07, 6.45) is 0. The molecule has 94 valence electrons. The molecular weight excluding hydrogens is 253 g/mol. The Kier molecular flexibility index (Phi) is 5.01. The molecule has 2 rings (SSSR count). The SMILES string of the molecule is Cl.NCC(=O)c1ccc(-c2ccc(F)cc2)cc1. The lowest BCUT2D eigenvalue weighted by Crippen LogP contribution is -2.13. The lowest BCUT2D eigenvalue weighted by Gasteiger charge is -2.03. The summed E-state index contributed by atoms with van der Waals surface area (Å²) in [5.74, 6) is -0.348. The van der Waals surface area contributed by atoms with E-state index < -0.39 is 0 Å². The highest BCUT2D eigenvalue weighted by Crippen LogP contribution is 2.20. The van der Waals surface area contributed by atoms with E-state index in [1.165, 1.54) is 12.1 Å². The van der Waals surface area contributed by atoms with Crippen molar-refractivity contribution in [3.05, 3.63) is 59.9 Å². The fraction of sp³-hybridized carbons (Fsp3) is 0.0714. The monoisotopic (exact) mass is 265 g/mol. The van der Waals surface area contributed by atoms with Gasteiger partial charge in [0.05, 0.1) is 6.54 Å². The van der Waals surface area contributed by atoms with Gasteiger partial charge in [-0.1, -0.05) is 36.4 Å². The molecule has 0 spiro atoms. The zero-order valence-electron chi connectivity index (χ0n) is 9.60. The average molecular weight is 266 g/mol. The van der Waals surface area contributed by atoms with Crippen LogP contribution in [-0.2, 0) is 0 Å². The summed E-state index contributed by atoms with van der Waals surface area (Å²) < 4.78 is 12.8. The predicted octanol–water partition coefficient (Wildman–Crippen LogP) is 3.06. The second-order valence-electron chi connectivity index (χ2n) is 3.71. The van der Waals surface area contributed by atoms with E-state index in [4.69, 9.17) is 5.73 Å². The smallest absolute Gasteiger partial charge is 0.176 e. The van der Waals surface area contributed by atoms with Crippen molar-refractivity contribution in [2.24, 2.45) is 5.73 Å². The van der Waals surface area contributed by atoms with E-state index in [9.17, 15) is 9.18 Å². The van der Waals surface area contributed by atoms with Crippen molar-refractivity contribution >= 4 is 18.2 Å². The van der Waals surface area contributed by atoms with E-state index >= 15 is 0 Å². The molecule has 0 fully saturated rings. The van der Waals surface area contributed by atoms with E-state index in [-0.39, 0.29) is 30.6 Å². The average Bonchev–Trinajstić information content (AvgIpc) is 2.39. The molecule has 0 aliphatic rings. The minimum atomic E-state index is -0.260. The molecular formula is C14H13ClFNO. The largest absolute Gasteiger partial charge is 0.324 e. The molecule has 0 unspecified atom stereocenters. The zero-order chi connectivity index (χ0) is 12.3. The maximum absolute atomic E-state index is 12.8. The predicted molar refractivity (Wildman–Crippen MR) is 72.5 cm³/mol. The summed E-state index contributed by atoms with van der Waals surface area (Å²) in [7, 11) is 0. The Bertz CT molecular complexity index is 522. The van der Waals surface area contributed by atoms with Gasteiger partial charge in [-0.2, -0.15) is 0 Å². The molecule has 2 aromatic rings. The number of hydrogen-bond acceptors (Lipinski definition) is 2. The maximum atomic E-state index is 12.8. The number of ketones is 1. The van der Waals surface area contributed by atoms with Crippen LogP contribution >= 0.6 is 12.4 Å². The molecule has 0 amide bonds. The molecule has 0 saturated heterocycles. The second-order valence-corrected chi connectivity index (χ2v) is 3.71. The third kappa shape index (κ3) is 3.15. The normalized spacial score (nSPS) is 9.67. The fourth-order valence-electron chi connectivity index (χ4n) is 1.61. The van der Waals surface area contributed by atoms with Crippen LogP contribution in [0.3, 0.4) is 0 Å². The number of Topliss-reactive ketones (excluding diaryl/α,β-unsaturated/α-hetero) is 1. The summed E-state index contributed by atoms with van der Waals surface area (Å²) in [6.45, 7) is 0.00982. The minimum Gasteiger partial charge on any atom is -0.324 e. The number of hydrogen-bond donors (Lipinski definition) is 1. The first-order valence-electron chi connectivity index (χ1n) is 5.30. The van der Waals surface area contributed by atoms with Crippen LogP contribution in [0.2, 0.25) is 0 Å². The molecule has 2 N–H and O–H groups in total. The lowest BCUT2D eigenvalue weighted by molar-refractivity contribution is 0.100. The molecule has 4 heteroatoms. The minimum absolute atomic E-state index is 0. The van der Waals surface area contributed by atoms with Crippen LogP contribution in [-0.4, -0.2) is 12.3 Å². The Labute approximate surface area is 111 Å². The van der Waals surface area contributed by atoms with Crippen LogP contribution in [0, 0.1) is 5.82 Å². The summed E-state index contributed by atoms with van der Waals surface area (Å²) in [5, 5.41) is 0. The molecule has 0 aliphatic heterocycles. The van der Waals surface area contributed by atoms with Crippen molar-refractivity contribution in [2.75, 3.05) is 6.54 Å². The van der Waals surface area contributed by atoms with Crippen molar-refractivity contribution in [1.29, 1.82) is 0 Å². The number of rotatable bonds is 3. The summed E-state index contributed by atoms with van der Waals surface area (Å²) in [5.41, 5.74) is 7.73. The van der Waals surface area contributed by atoms with Crippen molar-refractivity contribution in [3.63, 3.8) is 0 Å². The molecule has 0 aromatic heterocycles. The second kappa shape index (κ2) is 6.28. The van der Waals surface area contributed by atoms with Crippen LogP contribution < -0.4 is 5.73 Å². The Morgan fingerprint density at radius 2 is 1.39 bits per heavy atom. The van der Waals surface area contributed by atoms with E-state index in [0.717, 1.165) is 11.1 Å². The van der Waals surface area contributed by atoms with E-state index in [1.54, 1.807) is 24.3 Å². The molecule has 0 heterocycles. The van der Waals surface area contributed by atoms with E-state index in [2.05, 4.69) is 0 Å². The Morgan fingerprint density at radius 3 is 1.83 bits per heavy atom. The van der Waals surface area contributed by atoms with Crippen molar-refractivity contribution in [1.82, 2.24) is 0 Å². The van der Waals surface area contributed by atoms with Crippen molar-refractivity contribution in [3.8, 4) is 11.1 Å². The molecule has 0 saturated carbocycles. The molecule has 0 bridgehead atoms. The van der Waals surface area contributed by atoms with Crippen molar-refractivity contribution < 1.29 is 9.18 Å². The standard InChI is InChI=1S/C14H12FNO.ClH/c15-13-7-5-11(6-8-13)10-1-3-12(4-2-10)14(17)9-16;/h1-8H,9,16H2;1H. The van der Waals surface area contributed by atoms with Gasteiger partial charge in [-0.25, -0.2) is 4.39 Å². The highest BCUT2D eigenvalue weighted by molar-refractivity contribution is 5.97. The highest BCUT2D eigenvalue weighted by atomic mass is 35.5. The van der Waals surface area contributed by atoms with Gasteiger partial charge in [0.15, 0.2) is 5.78 Å². The highest BCUT2D eigenvalue weighted by Gasteiger charge is 2.03. The first kappa shape index (κ1) is 14.4. The Morgan fingerprint density at radius 1 is 0.944 bits per heavy atom. The van der Waals surface area contributed by atoms with Gasteiger partial charge < -0.3 is 5.73 Å². The number of nitrogens with two attached hydrogens (primary N) is 1. The molecule has 0 atom stereocenters. The van der Waals surface area contributed by atoms with Gasteiger partial charge >= 0.3 is 0 Å². The lowest BCUT2D eigenvalue weighted by atomic mass is 10.0. The number of carbonyl (C=O) groups is 1. The number of halogens is 2. The quantitative estimate of drug-likeness (QED) is 0.867. The van der Waals surface area contributed by atoms with Crippen molar-refractivity contribution in [2.45, 2.75) is 0 Å². The fourth-order valence-corrected chi connectivity index (χ4v) is 1.61.